The number of aromatic nitrogens is 2. The van der Waals surface area contributed by atoms with Gasteiger partial charge in [0.25, 0.3) is 0 Å². The quantitative estimate of drug-likeness (QED) is 0.293. The average Bonchev–Trinajstić information content (AvgIpc) is 2.88. The van der Waals surface area contributed by atoms with Gasteiger partial charge in [0.2, 0.25) is 0 Å². The molecule has 0 unspecified atom stereocenters. The first-order valence-electron chi connectivity index (χ1n) is 12.8. The number of aryl methyl sites for hydroxylation is 1. The van der Waals surface area contributed by atoms with Gasteiger partial charge in [-0.1, -0.05) is 81.1 Å². The average molecular weight is 445 g/mol. The molecule has 2 nitrogen and oxygen atoms in total. The Labute approximate surface area is 198 Å². The third-order valence-electron chi connectivity index (χ3n) is 7.21. The summed E-state index contributed by atoms with van der Waals surface area (Å²) in [6.45, 7) is 2.04. The fraction of sp³-hybridized carbons (Fsp3) is 0.467. The maximum absolute atomic E-state index is 12.2. The molecule has 4 rings (SSSR count). The van der Waals surface area contributed by atoms with Crippen LogP contribution in [0.3, 0.4) is 0 Å². The molecule has 1 fully saturated rings. The first kappa shape index (κ1) is 23.6. The summed E-state index contributed by atoms with van der Waals surface area (Å²) in [4.78, 5) is 9.29. The predicted octanol–water partition coefficient (Wildman–Crippen LogP) is 8.57. The van der Waals surface area contributed by atoms with Crippen molar-refractivity contribution in [2.45, 2.75) is 77.0 Å². The zero-order valence-electron chi connectivity index (χ0n) is 20.0. The van der Waals surface area contributed by atoms with Crippen molar-refractivity contribution in [2.24, 2.45) is 5.92 Å². The lowest BCUT2D eigenvalue weighted by Crippen LogP contribution is -2.13. The van der Waals surface area contributed by atoms with Crippen LogP contribution in [0.2, 0.25) is 0 Å². The van der Waals surface area contributed by atoms with Crippen molar-refractivity contribution in [1.29, 1.82) is 0 Å². The van der Waals surface area contributed by atoms with Crippen molar-refractivity contribution in [2.75, 3.05) is 6.67 Å². The van der Waals surface area contributed by atoms with Crippen LogP contribution in [0.25, 0.3) is 22.5 Å². The van der Waals surface area contributed by atoms with Crippen molar-refractivity contribution in [3.05, 3.63) is 72.1 Å². The fourth-order valence-corrected chi connectivity index (χ4v) is 5.17. The van der Waals surface area contributed by atoms with Crippen LogP contribution in [-0.4, -0.2) is 16.6 Å². The number of halogens is 1. The maximum atomic E-state index is 12.2. The summed E-state index contributed by atoms with van der Waals surface area (Å²) in [5.41, 5.74) is 6.11. The molecule has 0 spiro atoms. The van der Waals surface area contributed by atoms with Crippen LogP contribution >= 0.6 is 0 Å². The molecule has 0 bridgehead atoms. The second-order valence-corrected chi connectivity index (χ2v) is 9.62. The molecule has 1 aliphatic carbocycles. The zero-order valence-corrected chi connectivity index (χ0v) is 20.0. The van der Waals surface area contributed by atoms with Crippen LogP contribution in [0.15, 0.2) is 60.9 Å². The summed E-state index contributed by atoms with van der Waals surface area (Å²) in [5.74, 6) is 2.29. The molecule has 174 valence electrons. The number of hydrogen-bond acceptors (Lipinski definition) is 2. The van der Waals surface area contributed by atoms with Crippen molar-refractivity contribution in [3.8, 4) is 22.5 Å². The first-order chi connectivity index (χ1) is 16.3. The summed E-state index contributed by atoms with van der Waals surface area (Å²) >= 11 is 0. The van der Waals surface area contributed by atoms with E-state index in [-0.39, 0.29) is 6.67 Å². The Hall–Kier alpha value is -2.55. The van der Waals surface area contributed by atoms with E-state index >= 15 is 0 Å². The van der Waals surface area contributed by atoms with Crippen molar-refractivity contribution in [1.82, 2.24) is 9.97 Å². The molecule has 33 heavy (non-hydrogen) atoms. The molecule has 1 heterocycles. The Morgan fingerprint density at radius 3 is 2.06 bits per heavy atom. The van der Waals surface area contributed by atoms with Crippen LogP contribution < -0.4 is 0 Å². The van der Waals surface area contributed by atoms with Gasteiger partial charge in [-0.05, 0) is 67.1 Å². The van der Waals surface area contributed by atoms with Gasteiger partial charge in [0, 0.05) is 23.5 Å². The molecule has 2 aromatic carbocycles. The molecule has 0 aliphatic heterocycles. The second kappa shape index (κ2) is 12.1. The summed E-state index contributed by atoms with van der Waals surface area (Å²) in [6.07, 6.45) is 15.6. The van der Waals surface area contributed by atoms with Gasteiger partial charge in [-0.2, -0.15) is 0 Å². The summed E-state index contributed by atoms with van der Waals surface area (Å²) in [5, 5.41) is 0. The Kier molecular flexibility index (Phi) is 8.63. The van der Waals surface area contributed by atoms with E-state index in [2.05, 4.69) is 65.4 Å². The molecule has 1 saturated carbocycles. The van der Waals surface area contributed by atoms with E-state index in [1.807, 2.05) is 12.4 Å². The van der Waals surface area contributed by atoms with Crippen LogP contribution in [0, 0.1) is 5.92 Å². The van der Waals surface area contributed by atoms with E-state index < -0.39 is 0 Å². The highest BCUT2D eigenvalue weighted by molar-refractivity contribution is 5.64. The standard InChI is InChI=1S/C30H37FN2/c1-2-6-23-8-14-27(15-9-23)29-21-32-30(33-22-29)28-18-16-26(17-19-28)25-12-10-24(11-13-25)7-4-3-5-20-31/h8-9,14-19,21-22,24-25H,2-7,10-13,20H2,1H3. The SMILES string of the molecule is CCCc1ccc(-c2cnc(-c3ccc(C4CCC(CCCCCF)CC4)cc3)nc2)cc1. The third-order valence-corrected chi connectivity index (χ3v) is 7.21. The van der Waals surface area contributed by atoms with Gasteiger partial charge in [-0.15, -0.1) is 0 Å². The Morgan fingerprint density at radius 1 is 0.758 bits per heavy atom. The van der Waals surface area contributed by atoms with Gasteiger partial charge >= 0.3 is 0 Å². The first-order valence-corrected chi connectivity index (χ1v) is 12.8. The lowest BCUT2D eigenvalue weighted by atomic mass is 9.77. The van der Waals surface area contributed by atoms with E-state index in [9.17, 15) is 4.39 Å². The lowest BCUT2D eigenvalue weighted by Gasteiger charge is -2.29. The van der Waals surface area contributed by atoms with Crippen molar-refractivity contribution < 1.29 is 4.39 Å². The van der Waals surface area contributed by atoms with E-state index in [0.29, 0.717) is 5.92 Å². The van der Waals surface area contributed by atoms with Gasteiger partial charge in [-0.3, -0.25) is 4.39 Å². The largest absolute Gasteiger partial charge is 0.251 e. The van der Waals surface area contributed by atoms with Crippen molar-refractivity contribution in [3.63, 3.8) is 0 Å². The molecule has 0 radical (unpaired) electrons. The molecule has 0 atom stereocenters. The molecule has 1 aromatic heterocycles. The minimum Gasteiger partial charge on any atom is -0.251 e. The lowest BCUT2D eigenvalue weighted by molar-refractivity contribution is 0.300. The van der Waals surface area contributed by atoms with Crippen LogP contribution in [0.4, 0.5) is 4.39 Å². The maximum Gasteiger partial charge on any atom is 0.159 e. The van der Waals surface area contributed by atoms with Crippen LogP contribution in [0.5, 0.6) is 0 Å². The minimum atomic E-state index is -0.162. The molecular formula is C30H37FN2. The van der Waals surface area contributed by atoms with Gasteiger partial charge in [0.05, 0.1) is 6.67 Å². The van der Waals surface area contributed by atoms with E-state index in [0.717, 1.165) is 47.7 Å². The number of hydrogen-bond donors (Lipinski definition) is 0. The number of benzene rings is 2. The van der Waals surface area contributed by atoms with Crippen LogP contribution in [0.1, 0.15) is 81.8 Å². The Morgan fingerprint density at radius 2 is 1.42 bits per heavy atom. The Balaban J connectivity index is 1.32. The van der Waals surface area contributed by atoms with Crippen LogP contribution in [-0.2, 0) is 6.42 Å². The van der Waals surface area contributed by atoms with Gasteiger partial charge in [0.1, 0.15) is 0 Å². The molecule has 0 saturated heterocycles. The number of unbranched alkanes of at least 4 members (excludes halogenated alkanes) is 2. The predicted molar refractivity (Wildman–Crippen MR) is 136 cm³/mol. The monoisotopic (exact) mass is 444 g/mol. The number of alkyl halides is 1. The zero-order chi connectivity index (χ0) is 22.9. The molecule has 1 aliphatic rings. The third kappa shape index (κ3) is 6.50. The molecular weight excluding hydrogens is 407 g/mol. The van der Waals surface area contributed by atoms with E-state index in [1.54, 1.807) is 0 Å². The van der Waals surface area contributed by atoms with Gasteiger partial charge < -0.3 is 0 Å². The normalized spacial score (nSPS) is 18.4. The van der Waals surface area contributed by atoms with Gasteiger partial charge in [-0.25, -0.2) is 9.97 Å². The van der Waals surface area contributed by atoms with Crippen molar-refractivity contribution >= 4 is 0 Å². The molecule has 0 amide bonds. The smallest absolute Gasteiger partial charge is 0.159 e. The summed E-state index contributed by atoms with van der Waals surface area (Å²) in [6, 6.07) is 17.6. The highest BCUT2D eigenvalue weighted by atomic mass is 19.1. The number of rotatable bonds is 10. The Bertz CT molecular complexity index is 956. The highest BCUT2D eigenvalue weighted by Gasteiger charge is 2.22. The highest BCUT2D eigenvalue weighted by Crippen LogP contribution is 2.38. The summed E-state index contributed by atoms with van der Waals surface area (Å²) < 4.78 is 12.2. The topological polar surface area (TPSA) is 25.8 Å². The van der Waals surface area contributed by atoms with E-state index in [4.69, 9.17) is 0 Å². The minimum absolute atomic E-state index is 0.162. The number of nitrogens with zero attached hydrogens (tertiary/aromatic N) is 2. The molecule has 3 heteroatoms. The summed E-state index contributed by atoms with van der Waals surface area (Å²) in [7, 11) is 0. The fourth-order valence-electron chi connectivity index (χ4n) is 5.17. The van der Waals surface area contributed by atoms with E-state index in [1.165, 1.54) is 56.1 Å². The second-order valence-electron chi connectivity index (χ2n) is 9.62. The van der Waals surface area contributed by atoms with Gasteiger partial charge in [0.15, 0.2) is 5.82 Å². The molecule has 3 aromatic rings. The molecule has 0 N–H and O–H groups in total.